The van der Waals surface area contributed by atoms with E-state index in [1.807, 2.05) is 0 Å². The van der Waals surface area contributed by atoms with Crippen LogP contribution in [-0.2, 0) is 6.42 Å². The number of nitrogens with two attached hydrogens (primary N) is 1. The van der Waals surface area contributed by atoms with Crippen molar-refractivity contribution in [3.05, 3.63) is 11.4 Å². The van der Waals surface area contributed by atoms with Gasteiger partial charge in [0.05, 0.1) is 11.4 Å². The number of fused-ring (bicyclic) bond motifs is 1. The van der Waals surface area contributed by atoms with Gasteiger partial charge in [0.25, 0.3) is 0 Å². The maximum Gasteiger partial charge on any atom is 0.0909 e. The second-order valence-corrected chi connectivity index (χ2v) is 3.87. The fraction of sp³-hybridized carbons (Fsp3) is 0.778. The van der Waals surface area contributed by atoms with Crippen LogP contribution < -0.4 is 5.84 Å². The smallest absolute Gasteiger partial charge is 0.0909 e. The number of hydrogen-bond acceptors (Lipinski definition) is 3. The van der Waals surface area contributed by atoms with Crippen LogP contribution in [0.25, 0.3) is 0 Å². The molecule has 0 saturated carbocycles. The lowest BCUT2D eigenvalue weighted by Crippen LogP contribution is -2.16. The van der Waals surface area contributed by atoms with E-state index in [2.05, 4.69) is 17.2 Å². The molecular weight excluding hydrogens is 164 g/mol. The summed E-state index contributed by atoms with van der Waals surface area (Å²) >= 11 is 0. The average Bonchev–Trinajstić information content (AvgIpc) is 2.43. The third-order valence-corrected chi connectivity index (χ3v) is 2.84. The molecule has 1 aromatic heterocycles. The van der Waals surface area contributed by atoms with Gasteiger partial charge in [-0.3, -0.25) is 0 Å². The highest BCUT2D eigenvalue weighted by molar-refractivity contribution is 5.15. The highest BCUT2D eigenvalue weighted by Gasteiger charge is 2.19. The van der Waals surface area contributed by atoms with Crippen LogP contribution in [0, 0.1) is 0 Å². The lowest BCUT2D eigenvalue weighted by molar-refractivity contribution is 0.545. The van der Waals surface area contributed by atoms with E-state index in [1.165, 1.54) is 30.5 Å². The van der Waals surface area contributed by atoms with Gasteiger partial charge in [0, 0.05) is 5.92 Å². The molecule has 13 heavy (non-hydrogen) atoms. The Morgan fingerprint density at radius 1 is 1.38 bits per heavy atom. The van der Waals surface area contributed by atoms with Gasteiger partial charge in [-0.15, -0.1) is 5.10 Å². The Kier molecular flexibility index (Phi) is 2.20. The van der Waals surface area contributed by atoms with Crippen LogP contribution in [0.4, 0.5) is 0 Å². The Labute approximate surface area is 78.1 Å². The van der Waals surface area contributed by atoms with Gasteiger partial charge in [-0.2, -0.15) is 4.79 Å². The summed E-state index contributed by atoms with van der Waals surface area (Å²) in [5.41, 5.74) is 2.24. The third-order valence-electron chi connectivity index (χ3n) is 2.84. The van der Waals surface area contributed by atoms with E-state index < -0.39 is 0 Å². The molecule has 72 valence electrons. The predicted octanol–water partition coefficient (Wildman–Crippen LogP) is 1.21. The van der Waals surface area contributed by atoms with E-state index in [-0.39, 0.29) is 0 Å². The molecule has 0 radical (unpaired) electrons. The third kappa shape index (κ3) is 1.53. The predicted molar refractivity (Wildman–Crippen MR) is 50.8 cm³/mol. The van der Waals surface area contributed by atoms with Crippen molar-refractivity contribution in [2.75, 3.05) is 5.84 Å². The van der Waals surface area contributed by atoms with E-state index in [1.54, 1.807) is 0 Å². The van der Waals surface area contributed by atoms with Gasteiger partial charge in [0.2, 0.25) is 0 Å². The highest BCUT2D eigenvalue weighted by Crippen LogP contribution is 2.26. The molecule has 0 fully saturated rings. The standard InChI is InChI=1S/C9H16N4/c1-7-5-3-2-4-6-8-9(7)11-12-13(8)10/h7H,2-6,10H2,1H3. The molecule has 4 heteroatoms. The molecule has 0 amide bonds. The topological polar surface area (TPSA) is 56.7 Å². The molecular formula is C9H16N4. The Bertz CT molecular complexity index is 292. The Balaban J connectivity index is 2.33. The summed E-state index contributed by atoms with van der Waals surface area (Å²) in [5.74, 6) is 6.21. The van der Waals surface area contributed by atoms with Crippen molar-refractivity contribution in [2.24, 2.45) is 0 Å². The first kappa shape index (κ1) is 8.53. The van der Waals surface area contributed by atoms with Gasteiger partial charge in [-0.05, 0) is 24.5 Å². The number of hydrogen-bond donors (Lipinski definition) is 1. The van der Waals surface area contributed by atoms with Crippen LogP contribution in [0.5, 0.6) is 0 Å². The van der Waals surface area contributed by atoms with Crippen LogP contribution in [-0.4, -0.2) is 15.1 Å². The Morgan fingerprint density at radius 2 is 2.23 bits per heavy atom. The fourth-order valence-electron chi connectivity index (χ4n) is 2.01. The summed E-state index contributed by atoms with van der Waals surface area (Å²) in [6.07, 6.45) is 6.06. The van der Waals surface area contributed by atoms with Crippen LogP contribution in [0.3, 0.4) is 0 Å². The van der Waals surface area contributed by atoms with Crippen molar-refractivity contribution in [1.29, 1.82) is 0 Å². The van der Waals surface area contributed by atoms with Crippen LogP contribution in [0.15, 0.2) is 0 Å². The van der Waals surface area contributed by atoms with Gasteiger partial charge in [-0.1, -0.05) is 19.8 Å². The zero-order chi connectivity index (χ0) is 9.26. The van der Waals surface area contributed by atoms with Gasteiger partial charge >= 0.3 is 0 Å². The monoisotopic (exact) mass is 180 g/mol. The summed E-state index contributed by atoms with van der Waals surface area (Å²) < 4.78 is 0. The summed E-state index contributed by atoms with van der Waals surface area (Å²) in [4.78, 5) is 1.44. The minimum absolute atomic E-state index is 0.521. The van der Waals surface area contributed by atoms with Crippen LogP contribution in [0.1, 0.15) is 49.9 Å². The molecule has 2 rings (SSSR count). The summed E-state index contributed by atoms with van der Waals surface area (Å²) in [6.45, 7) is 2.21. The first-order valence-electron chi connectivity index (χ1n) is 4.98. The van der Waals surface area contributed by atoms with Crippen molar-refractivity contribution in [1.82, 2.24) is 15.1 Å². The quantitative estimate of drug-likeness (QED) is 0.610. The minimum atomic E-state index is 0.521. The van der Waals surface area contributed by atoms with E-state index in [9.17, 15) is 0 Å². The average molecular weight is 180 g/mol. The van der Waals surface area contributed by atoms with Crippen molar-refractivity contribution >= 4 is 0 Å². The van der Waals surface area contributed by atoms with Crippen molar-refractivity contribution < 1.29 is 0 Å². The van der Waals surface area contributed by atoms with Crippen LogP contribution >= 0.6 is 0 Å². The van der Waals surface area contributed by atoms with Gasteiger partial charge < -0.3 is 5.84 Å². The summed E-state index contributed by atoms with van der Waals surface area (Å²) in [6, 6.07) is 0. The Hall–Kier alpha value is -1.06. The molecule has 1 aliphatic rings. The van der Waals surface area contributed by atoms with E-state index in [0.717, 1.165) is 17.8 Å². The van der Waals surface area contributed by atoms with Gasteiger partial charge in [0.15, 0.2) is 0 Å². The highest BCUT2D eigenvalue weighted by atomic mass is 15.6. The minimum Gasteiger partial charge on any atom is -0.322 e. The molecule has 0 aromatic carbocycles. The molecule has 1 unspecified atom stereocenters. The second kappa shape index (κ2) is 3.36. The number of nitrogen functional groups attached to an aromatic ring is 1. The van der Waals surface area contributed by atoms with Gasteiger partial charge in [-0.25, -0.2) is 0 Å². The first-order valence-corrected chi connectivity index (χ1v) is 4.98. The largest absolute Gasteiger partial charge is 0.322 e. The molecule has 0 bridgehead atoms. The van der Waals surface area contributed by atoms with Crippen molar-refractivity contribution in [3.8, 4) is 0 Å². The molecule has 1 heterocycles. The molecule has 2 N–H and O–H groups in total. The van der Waals surface area contributed by atoms with E-state index >= 15 is 0 Å². The molecule has 1 aromatic rings. The second-order valence-electron chi connectivity index (χ2n) is 3.87. The van der Waals surface area contributed by atoms with Crippen LogP contribution in [0.2, 0.25) is 0 Å². The first-order chi connectivity index (χ1) is 6.29. The van der Waals surface area contributed by atoms with Crippen molar-refractivity contribution in [3.63, 3.8) is 0 Å². The number of nitrogens with zero attached hydrogens (tertiary/aromatic N) is 3. The maximum atomic E-state index is 5.69. The maximum absolute atomic E-state index is 5.69. The molecule has 1 atom stereocenters. The Morgan fingerprint density at radius 3 is 3.08 bits per heavy atom. The van der Waals surface area contributed by atoms with E-state index in [0.29, 0.717) is 5.92 Å². The SMILES string of the molecule is CC1CCCCCc2c1nnn2N. The molecule has 0 saturated heterocycles. The summed E-state index contributed by atoms with van der Waals surface area (Å²) in [7, 11) is 0. The molecule has 4 nitrogen and oxygen atoms in total. The van der Waals surface area contributed by atoms with Gasteiger partial charge in [0.1, 0.15) is 0 Å². The normalized spacial score (nSPS) is 23.3. The fourth-order valence-corrected chi connectivity index (χ4v) is 2.01. The van der Waals surface area contributed by atoms with E-state index in [4.69, 9.17) is 5.84 Å². The molecule has 0 aliphatic heterocycles. The molecule has 0 spiro atoms. The van der Waals surface area contributed by atoms with Crippen molar-refractivity contribution in [2.45, 2.75) is 44.9 Å². The molecule has 1 aliphatic carbocycles. The number of aromatic nitrogens is 3. The zero-order valence-corrected chi connectivity index (χ0v) is 8.03. The zero-order valence-electron chi connectivity index (χ0n) is 8.03. The lowest BCUT2D eigenvalue weighted by atomic mass is 9.93. The number of rotatable bonds is 0. The lowest BCUT2D eigenvalue weighted by Gasteiger charge is -2.14. The summed E-state index contributed by atoms with van der Waals surface area (Å²) in [5, 5.41) is 8.00.